The van der Waals surface area contributed by atoms with E-state index in [4.69, 9.17) is 9.94 Å². The second-order valence-corrected chi connectivity index (χ2v) is 10.8. The van der Waals surface area contributed by atoms with Crippen molar-refractivity contribution in [1.82, 2.24) is 15.4 Å². The molecule has 1 fully saturated rings. The molecule has 8 nitrogen and oxygen atoms in total. The Kier molecular flexibility index (Phi) is 7.16. The van der Waals surface area contributed by atoms with Crippen LogP contribution in [-0.4, -0.2) is 54.8 Å². The van der Waals surface area contributed by atoms with Gasteiger partial charge < -0.3 is 9.64 Å². The fourth-order valence-corrected chi connectivity index (χ4v) is 6.28. The summed E-state index contributed by atoms with van der Waals surface area (Å²) in [4.78, 5) is 18.7. The largest absolute Gasteiger partial charge is 0.489 e. The van der Waals surface area contributed by atoms with E-state index in [1.165, 1.54) is 12.1 Å². The first-order valence-corrected chi connectivity index (χ1v) is 12.9. The van der Waals surface area contributed by atoms with Crippen molar-refractivity contribution in [3.05, 3.63) is 65.9 Å². The normalized spacial score (nSPS) is 19.1. The summed E-state index contributed by atoms with van der Waals surface area (Å²) in [6.07, 6.45) is 1.30. The van der Waals surface area contributed by atoms with Crippen molar-refractivity contribution >= 4 is 26.6 Å². The smallest absolute Gasteiger partial charge is 0.248 e. The molecule has 1 amide bonds. The molecule has 2 aromatic carbocycles. The maximum Gasteiger partial charge on any atom is 0.248 e. The van der Waals surface area contributed by atoms with E-state index in [0.29, 0.717) is 25.3 Å². The number of carbonyl (C=O) groups excluding carboxylic acids is 1. The number of benzene rings is 2. The fourth-order valence-electron chi connectivity index (χ4n) is 4.60. The number of rotatable bonds is 7. The molecular weight excluding hydrogens is 454 g/mol. The first kappa shape index (κ1) is 24.1. The van der Waals surface area contributed by atoms with Crippen LogP contribution in [0.4, 0.5) is 0 Å². The minimum atomic E-state index is -3.65. The fraction of sp³-hybridized carbons (Fsp3) is 0.360. The van der Waals surface area contributed by atoms with Gasteiger partial charge in [-0.2, -0.15) is 0 Å². The number of sulfone groups is 1. The Bertz CT molecular complexity index is 1280. The highest BCUT2D eigenvalue weighted by molar-refractivity contribution is 7.91. The van der Waals surface area contributed by atoms with Gasteiger partial charge in [-0.15, -0.1) is 0 Å². The Balaban J connectivity index is 1.47. The molecule has 1 aromatic heterocycles. The molecule has 3 aromatic rings. The maximum atomic E-state index is 13.1. The SMILES string of the molecule is Cc1cc(COc2ccc(S(=O)(=O)C[C@H]3[C@@H](C(=O)NO)CCCN3C)cc2)c2ccccc2n1. The quantitative estimate of drug-likeness (QED) is 0.393. The predicted molar refractivity (Wildman–Crippen MR) is 128 cm³/mol. The molecule has 9 heteroatoms. The first-order chi connectivity index (χ1) is 16.3. The molecule has 0 unspecified atom stereocenters. The molecule has 2 N–H and O–H groups in total. The molecule has 1 saturated heterocycles. The van der Waals surface area contributed by atoms with E-state index in [1.807, 2.05) is 42.2 Å². The highest BCUT2D eigenvalue weighted by Crippen LogP contribution is 2.27. The standard InChI is InChI=1S/C25H29N3O5S/c1-17-14-18(21-6-3-4-8-23(21)26-17)15-33-19-9-11-20(12-10-19)34(31,32)16-24-22(25(29)27-30)7-5-13-28(24)2/h3-4,6,8-12,14,22,24,30H,5,7,13,15-16H2,1-2H3,(H,27,29)/t22-,24-/m0/s1. The third kappa shape index (κ3) is 5.22. The van der Waals surface area contributed by atoms with Gasteiger partial charge in [-0.3, -0.25) is 15.0 Å². The van der Waals surface area contributed by atoms with Crippen molar-refractivity contribution in [2.75, 3.05) is 19.3 Å². The molecular formula is C25H29N3O5S. The van der Waals surface area contributed by atoms with E-state index >= 15 is 0 Å². The van der Waals surface area contributed by atoms with Crippen LogP contribution in [0.25, 0.3) is 10.9 Å². The van der Waals surface area contributed by atoms with Gasteiger partial charge in [-0.1, -0.05) is 18.2 Å². The average molecular weight is 484 g/mol. The topological polar surface area (TPSA) is 109 Å². The Morgan fingerprint density at radius 3 is 2.68 bits per heavy atom. The number of hydrogen-bond donors (Lipinski definition) is 2. The van der Waals surface area contributed by atoms with Gasteiger partial charge in [0.2, 0.25) is 5.91 Å². The number of ether oxygens (including phenoxy) is 1. The van der Waals surface area contributed by atoms with Gasteiger partial charge in [-0.25, -0.2) is 13.9 Å². The zero-order valence-electron chi connectivity index (χ0n) is 19.3. The molecule has 0 bridgehead atoms. The minimum absolute atomic E-state index is 0.173. The van der Waals surface area contributed by atoms with Gasteiger partial charge in [0.15, 0.2) is 9.84 Å². The van der Waals surface area contributed by atoms with E-state index in [2.05, 4.69) is 4.98 Å². The second-order valence-electron chi connectivity index (χ2n) is 8.75. The summed E-state index contributed by atoms with van der Waals surface area (Å²) < 4.78 is 32.2. The average Bonchev–Trinajstić information content (AvgIpc) is 2.83. The molecule has 0 aliphatic carbocycles. The van der Waals surface area contributed by atoms with E-state index in [9.17, 15) is 13.2 Å². The molecule has 2 atom stereocenters. The summed E-state index contributed by atoms with van der Waals surface area (Å²) in [5, 5.41) is 10.1. The van der Waals surface area contributed by atoms with Crippen LogP contribution in [-0.2, 0) is 21.2 Å². The summed E-state index contributed by atoms with van der Waals surface area (Å²) in [5.74, 6) is -0.775. The van der Waals surface area contributed by atoms with Crippen LogP contribution < -0.4 is 10.2 Å². The van der Waals surface area contributed by atoms with Crippen molar-refractivity contribution in [2.45, 2.75) is 37.3 Å². The third-order valence-electron chi connectivity index (χ3n) is 6.40. The Morgan fingerprint density at radius 2 is 1.94 bits per heavy atom. The summed E-state index contributed by atoms with van der Waals surface area (Å²) in [6.45, 7) is 2.97. The monoisotopic (exact) mass is 483 g/mol. The molecule has 0 saturated carbocycles. The summed E-state index contributed by atoms with van der Waals surface area (Å²) in [6, 6.07) is 15.7. The van der Waals surface area contributed by atoms with Crippen LogP contribution in [0.2, 0.25) is 0 Å². The lowest BCUT2D eigenvalue weighted by Crippen LogP contribution is -2.51. The number of para-hydroxylation sites is 1. The van der Waals surface area contributed by atoms with Crippen molar-refractivity contribution in [3.63, 3.8) is 0 Å². The van der Waals surface area contributed by atoms with Crippen LogP contribution >= 0.6 is 0 Å². The van der Waals surface area contributed by atoms with Gasteiger partial charge in [-0.05, 0) is 69.8 Å². The van der Waals surface area contributed by atoms with Crippen LogP contribution in [0.5, 0.6) is 5.75 Å². The van der Waals surface area contributed by atoms with Crippen molar-refractivity contribution in [3.8, 4) is 5.75 Å². The van der Waals surface area contributed by atoms with Crippen LogP contribution in [0, 0.1) is 12.8 Å². The van der Waals surface area contributed by atoms with E-state index in [-0.39, 0.29) is 10.6 Å². The molecule has 1 aliphatic heterocycles. The van der Waals surface area contributed by atoms with Gasteiger partial charge in [0.1, 0.15) is 12.4 Å². The summed E-state index contributed by atoms with van der Waals surface area (Å²) in [5.41, 5.74) is 4.50. The number of aromatic nitrogens is 1. The number of fused-ring (bicyclic) bond motifs is 1. The Morgan fingerprint density at radius 1 is 1.21 bits per heavy atom. The number of pyridine rings is 1. The number of carbonyl (C=O) groups is 1. The van der Waals surface area contributed by atoms with E-state index < -0.39 is 27.7 Å². The van der Waals surface area contributed by atoms with Gasteiger partial charge in [0.25, 0.3) is 0 Å². The molecule has 0 radical (unpaired) electrons. The molecule has 4 rings (SSSR count). The number of amides is 1. The minimum Gasteiger partial charge on any atom is -0.489 e. The summed E-state index contributed by atoms with van der Waals surface area (Å²) >= 11 is 0. The molecule has 1 aliphatic rings. The Labute approximate surface area is 199 Å². The van der Waals surface area contributed by atoms with Crippen molar-refractivity contribution < 1.29 is 23.2 Å². The highest BCUT2D eigenvalue weighted by Gasteiger charge is 2.37. The van der Waals surface area contributed by atoms with Gasteiger partial charge in [0, 0.05) is 22.7 Å². The van der Waals surface area contributed by atoms with Crippen LogP contribution in [0.3, 0.4) is 0 Å². The number of aryl methyl sites for hydroxylation is 1. The first-order valence-electron chi connectivity index (χ1n) is 11.2. The molecule has 34 heavy (non-hydrogen) atoms. The lowest BCUT2D eigenvalue weighted by atomic mass is 9.90. The highest BCUT2D eigenvalue weighted by atomic mass is 32.2. The lowest BCUT2D eigenvalue weighted by Gasteiger charge is -2.37. The maximum absolute atomic E-state index is 13.1. The number of hydroxylamine groups is 1. The van der Waals surface area contributed by atoms with Gasteiger partial charge >= 0.3 is 0 Å². The number of likely N-dealkylation sites (tertiary alicyclic amines) is 1. The third-order valence-corrected chi connectivity index (χ3v) is 8.17. The number of hydrogen-bond acceptors (Lipinski definition) is 7. The van der Waals surface area contributed by atoms with E-state index in [1.54, 1.807) is 24.7 Å². The second kappa shape index (κ2) is 10.1. The number of nitrogens with one attached hydrogen (secondary N) is 1. The predicted octanol–water partition coefficient (Wildman–Crippen LogP) is 3.11. The van der Waals surface area contributed by atoms with Gasteiger partial charge in [0.05, 0.1) is 22.1 Å². The molecule has 2 heterocycles. The summed E-state index contributed by atoms with van der Waals surface area (Å²) in [7, 11) is -1.85. The number of nitrogens with zero attached hydrogens (tertiary/aromatic N) is 2. The molecule has 180 valence electrons. The van der Waals surface area contributed by atoms with Crippen LogP contribution in [0.15, 0.2) is 59.5 Å². The zero-order valence-corrected chi connectivity index (χ0v) is 20.1. The molecule has 0 spiro atoms. The zero-order chi connectivity index (χ0) is 24.3. The van der Waals surface area contributed by atoms with Crippen molar-refractivity contribution in [2.24, 2.45) is 5.92 Å². The lowest BCUT2D eigenvalue weighted by molar-refractivity contribution is -0.136. The van der Waals surface area contributed by atoms with E-state index in [0.717, 1.165) is 28.6 Å². The van der Waals surface area contributed by atoms with Crippen LogP contribution in [0.1, 0.15) is 24.1 Å². The Hall–Kier alpha value is -3.01. The number of piperidine rings is 1. The van der Waals surface area contributed by atoms with Crippen molar-refractivity contribution in [1.29, 1.82) is 0 Å².